The van der Waals surface area contributed by atoms with Gasteiger partial charge in [0.1, 0.15) is 0 Å². The third kappa shape index (κ3) is 2.95. The maximum Gasteiger partial charge on any atom is 0.167 e. The third-order valence-electron chi connectivity index (χ3n) is 1.64. The van der Waals surface area contributed by atoms with Crippen LogP contribution in [-0.4, -0.2) is 5.78 Å². The number of carbonyl (C=O) groups is 1. The first-order valence-corrected chi connectivity index (χ1v) is 5.11. The van der Waals surface area contributed by atoms with E-state index < -0.39 is 0 Å². The molecule has 1 rings (SSSR count). The predicted molar refractivity (Wildman–Crippen MR) is 62.9 cm³/mol. The molecule has 0 atom stereocenters. The molecule has 0 radical (unpaired) electrons. The first kappa shape index (κ1) is 10.4. The first-order valence-electron chi connectivity index (χ1n) is 4.03. The van der Waals surface area contributed by atoms with Crippen molar-refractivity contribution in [3.05, 3.63) is 45.6 Å². The molecular formula is C11H11IO. The van der Waals surface area contributed by atoms with Gasteiger partial charge in [0.05, 0.1) is 0 Å². The second-order valence-electron chi connectivity index (χ2n) is 3.04. The van der Waals surface area contributed by atoms with Crippen LogP contribution >= 0.6 is 22.6 Å². The van der Waals surface area contributed by atoms with Gasteiger partial charge in [-0.2, -0.15) is 0 Å². The summed E-state index contributed by atoms with van der Waals surface area (Å²) in [5.74, 6) is 0.150. The summed E-state index contributed by atoms with van der Waals surface area (Å²) in [6.07, 6.45) is 0.444. The highest BCUT2D eigenvalue weighted by Crippen LogP contribution is 2.15. The van der Waals surface area contributed by atoms with E-state index in [-0.39, 0.29) is 5.78 Å². The number of halogens is 1. The smallest absolute Gasteiger partial charge is 0.167 e. The topological polar surface area (TPSA) is 17.1 Å². The van der Waals surface area contributed by atoms with Crippen molar-refractivity contribution in [1.82, 2.24) is 0 Å². The number of benzene rings is 1. The van der Waals surface area contributed by atoms with Crippen molar-refractivity contribution in [1.29, 1.82) is 0 Å². The van der Waals surface area contributed by atoms with Gasteiger partial charge in [0.25, 0.3) is 0 Å². The van der Waals surface area contributed by atoms with Crippen LogP contribution in [0.3, 0.4) is 0 Å². The van der Waals surface area contributed by atoms with Gasteiger partial charge in [-0.3, -0.25) is 4.79 Å². The Hall–Kier alpha value is -0.640. The molecule has 68 valence electrons. The lowest BCUT2D eigenvalue weighted by Gasteiger charge is -2.02. The zero-order valence-electron chi connectivity index (χ0n) is 7.51. The average Bonchev–Trinajstić information content (AvgIpc) is 2.03. The summed E-state index contributed by atoms with van der Waals surface area (Å²) in [4.78, 5) is 11.6. The average molecular weight is 286 g/mol. The van der Waals surface area contributed by atoms with Gasteiger partial charge >= 0.3 is 0 Å². The van der Waals surface area contributed by atoms with Crippen molar-refractivity contribution < 1.29 is 4.79 Å². The van der Waals surface area contributed by atoms with Crippen LogP contribution < -0.4 is 0 Å². The Morgan fingerprint density at radius 2 is 2.08 bits per heavy atom. The molecule has 0 saturated heterocycles. The maximum atomic E-state index is 11.6. The van der Waals surface area contributed by atoms with E-state index in [9.17, 15) is 4.79 Å². The number of Topliss-reactive ketones (excluding diaryl/α,β-unsaturated/α-hetero) is 1. The molecule has 0 aliphatic heterocycles. The molecule has 2 heteroatoms. The zero-order valence-corrected chi connectivity index (χ0v) is 9.67. The third-order valence-corrected chi connectivity index (χ3v) is 2.58. The summed E-state index contributed by atoms with van der Waals surface area (Å²) in [6.45, 7) is 5.60. The van der Waals surface area contributed by atoms with Gasteiger partial charge < -0.3 is 0 Å². The minimum absolute atomic E-state index is 0.150. The fraction of sp³-hybridized carbons (Fsp3) is 0.182. The fourth-order valence-corrected chi connectivity index (χ4v) is 1.74. The van der Waals surface area contributed by atoms with E-state index >= 15 is 0 Å². The number of rotatable bonds is 3. The van der Waals surface area contributed by atoms with Crippen LogP contribution in [0.25, 0.3) is 0 Å². The van der Waals surface area contributed by atoms with E-state index in [0.717, 1.165) is 14.7 Å². The van der Waals surface area contributed by atoms with E-state index in [0.29, 0.717) is 6.42 Å². The lowest BCUT2D eigenvalue weighted by Crippen LogP contribution is -2.01. The van der Waals surface area contributed by atoms with Crippen LogP contribution in [0.15, 0.2) is 36.4 Å². The molecule has 0 unspecified atom stereocenters. The summed E-state index contributed by atoms with van der Waals surface area (Å²) in [7, 11) is 0. The molecular weight excluding hydrogens is 275 g/mol. The van der Waals surface area contributed by atoms with Gasteiger partial charge in [-0.25, -0.2) is 0 Å². The van der Waals surface area contributed by atoms with Crippen molar-refractivity contribution in [2.24, 2.45) is 0 Å². The molecule has 0 aliphatic rings. The first-order chi connectivity index (χ1) is 6.11. The van der Waals surface area contributed by atoms with Gasteiger partial charge in [-0.1, -0.05) is 30.4 Å². The molecule has 1 nitrogen and oxygen atoms in total. The monoisotopic (exact) mass is 286 g/mol. The second kappa shape index (κ2) is 4.56. The van der Waals surface area contributed by atoms with Crippen molar-refractivity contribution in [3.8, 4) is 0 Å². The molecule has 0 spiro atoms. The van der Waals surface area contributed by atoms with Crippen LogP contribution in [0, 0.1) is 3.57 Å². The molecule has 1 aromatic rings. The summed E-state index contributed by atoms with van der Waals surface area (Å²) in [5, 5.41) is 0. The number of hydrogen-bond donors (Lipinski definition) is 0. The molecule has 0 amide bonds. The minimum Gasteiger partial charge on any atom is -0.294 e. The Labute approximate surface area is 92.0 Å². The number of allylic oxidation sites excluding steroid dienone is 1. The molecule has 0 bridgehead atoms. The highest BCUT2D eigenvalue weighted by Gasteiger charge is 2.08. The van der Waals surface area contributed by atoms with Gasteiger partial charge in [0.15, 0.2) is 5.78 Å². The predicted octanol–water partition coefficient (Wildman–Crippen LogP) is 3.44. The molecule has 13 heavy (non-hydrogen) atoms. The van der Waals surface area contributed by atoms with E-state index in [1.54, 1.807) is 0 Å². The van der Waals surface area contributed by atoms with Crippen LogP contribution in [0.4, 0.5) is 0 Å². The number of ketones is 1. The molecule has 0 N–H and O–H groups in total. The minimum atomic E-state index is 0.150. The Kier molecular flexibility index (Phi) is 3.66. The second-order valence-corrected chi connectivity index (χ2v) is 4.20. The van der Waals surface area contributed by atoms with Crippen molar-refractivity contribution >= 4 is 28.4 Å². The maximum absolute atomic E-state index is 11.6. The molecule has 0 aromatic heterocycles. The van der Waals surface area contributed by atoms with Crippen LogP contribution in [-0.2, 0) is 0 Å². The highest BCUT2D eigenvalue weighted by atomic mass is 127. The van der Waals surface area contributed by atoms with Gasteiger partial charge in [0.2, 0.25) is 0 Å². The lowest BCUT2D eigenvalue weighted by atomic mass is 10.1. The van der Waals surface area contributed by atoms with Crippen LogP contribution in [0.5, 0.6) is 0 Å². The molecule has 0 saturated carbocycles. The molecule has 0 aliphatic carbocycles. The summed E-state index contributed by atoms with van der Waals surface area (Å²) < 4.78 is 1.01. The van der Waals surface area contributed by atoms with Crippen molar-refractivity contribution in [3.63, 3.8) is 0 Å². The van der Waals surface area contributed by atoms with E-state index in [2.05, 4.69) is 29.2 Å². The SMILES string of the molecule is C=C(C)CC(=O)c1ccccc1I. The lowest BCUT2D eigenvalue weighted by molar-refractivity contribution is 0.0992. The Morgan fingerprint density at radius 1 is 1.46 bits per heavy atom. The highest BCUT2D eigenvalue weighted by molar-refractivity contribution is 14.1. The number of carbonyl (C=O) groups excluding carboxylic acids is 1. The van der Waals surface area contributed by atoms with Crippen molar-refractivity contribution in [2.45, 2.75) is 13.3 Å². The number of hydrogen-bond acceptors (Lipinski definition) is 1. The standard InChI is InChI=1S/C11H11IO/c1-8(2)7-11(13)9-5-3-4-6-10(9)12/h3-6H,1,7H2,2H3. The zero-order chi connectivity index (χ0) is 9.84. The molecule has 0 heterocycles. The summed E-state index contributed by atoms with van der Waals surface area (Å²) in [5.41, 5.74) is 1.70. The van der Waals surface area contributed by atoms with Gasteiger partial charge in [-0.05, 0) is 35.6 Å². The quantitative estimate of drug-likeness (QED) is 0.472. The largest absolute Gasteiger partial charge is 0.294 e. The normalized spacial score (nSPS) is 9.69. The van der Waals surface area contributed by atoms with Crippen LogP contribution in [0.1, 0.15) is 23.7 Å². The van der Waals surface area contributed by atoms with E-state index in [4.69, 9.17) is 0 Å². The van der Waals surface area contributed by atoms with Crippen molar-refractivity contribution in [2.75, 3.05) is 0 Å². The van der Waals surface area contributed by atoms with E-state index in [1.165, 1.54) is 0 Å². The van der Waals surface area contributed by atoms with Gasteiger partial charge in [0, 0.05) is 15.6 Å². The molecule has 0 fully saturated rings. The van der Waals surface area contributed by atoms with E-state index in [1.807, 2.05) is 31.2 Å². The van der Waals surface area contributed by atoms with Crippen LogP contribution in [0.2, 0.25) is 0 Å². The molecule has 1 aromatic carbocycles. The Morgan fingerprint density at radius 3 is 2.62 bits per heavy atom. The summed E-state index contributed by atoms with van der Waals surface area (Å²) in [6, 6.07) is 7.60. The fourth-order valence-electron chi connectivity index (χ4n) is 1.06. The summed E-state index contributed by atoms with van der Waals surface area (Å²) >= 11 is 2.17. The van der Waals surface area contributed by atoms with Gasteiger partial charge in [-0.15, -0.1) is 0 Å². The Bertz CT molecular complexity index is 342. The Balaban J connectivity index is 2.89.